The Labute approximate surface area is 190 Å². The SMILES string of the molecule is C=C(CCNC(=O)COc1ccc(Cl)c(F)c1)c1nnc([C@@H]2CC[C@H](COC(F)(F)F)O2)o1. The van der Waals surface area contributed by atoms with Crippen LogP contribution in [0, 0.1) is 5.82 Å². The van der Waals surface area contributed by atoms with Crippen LogP contribution in [0.3, 0.4) is 0 Å². The van der Waals surface area contributed by atoms with Crippen LogP contribution in [-0.4, -0.2) is 48.3 Å². The fourth-order valence-corrected chi connectivity index (χ4v) is 3.05. The normalized spacial score (nSPS) is 18.3. The van der Waals surface area contributed by atoms with Gasteiger partial charge < -0.3 is 19.2 Å². The van der Waals surface area contributed by atoms with Gasteiger partial charge in [0, 0.05) is 18.2 Å². The molecule has 2 aromatic rings. The van der Waals surface area contributed by atoms with Gasteiger partial charge in [0.25, 0.3) is 5.91 Å². The Bertz CT molecular complexity index is 985. The number of nitrogens with zero attached hydrogens (tertiary/aromatic N) is 2. The molecule has 1 N–H and O–H groups in total. The number of halogens is 5. The monoisotopic (exact) mass is 493 g/mol. The van der Waals surface area contributed by atoms with E-state index in [9.17, 15) is 22.4 Å². The van der Waals surface area contributed by atoms with E-state index in [0.29, 0.717) is 18.4 Å². The van der Waals surface area contributed by atoms with Gasteiger partial charge >= 0.3 is 6.36 Å². The zero-order valence-electron chi connectivity index (χ0n) is 17.2. The Balaban J connectivity index is 1.38. The molecule has 1 aromatic heterocycles. The first-order valence-electron chi connectivity index (χ1n) is 9.83. The van der Waals surface area contributed by atoms with Gasteiger partial charge in [-0.05, 0) is 31.4 Å². The predicted molar refractivity (Wildman–Crippen MR) is 107 cm³/mol. The topological polar surface area (TPSA) is 95.7 Å². The lowest BCUT2D eigenvalue weighted by Gasteiger charge is -2.13. The lowest BCUT2D eigenvalue weighted by molar-refractivity contribution is -0.331. The number of hydrogen-bond acceptors (Lipinski definition) is 7. The molecule has 33 heavy (non-hydrogen) atoms. The highest BCUT2D eigenvalue weighted by Gasteiger charge is 2.35. The molecule has 1 amide bonds. The van der Waals surface area contributed by atoms with Crippen molar-refractivity contribution in [3.63, 3.8) is 0 Å². The van der Waals surface area contributed by atoms with Crippen LogP contribution in [0.15, 0.2) is 29.2 Å². The van der Waals surface area contributed by atoms with Gasteiger partial charge in [-0.2, -0.15) is 0 Å². The van der Waals surface area contributed by atoms with E-state index in [1.54, 1.807) is 0 Å². The van der Waals surface area contributed by atoms with E-state index >= 15 is 0 Å². The molecule has 2 heterocycles. The second kappa shape index (κ2) is 10.9. The largest absolute Gasteiger partial charge is 0.522 e. The molecule has 3 rings (SSSR count). The summed E-state index contributed by atoms with van der Waals surface area (Å²) < 4.78 is 69.7. The van der Waals surface area contributed by atoms with Gasteiger partial charge in [-0.1, -0.05) is 18.2 Å². The number of rotatable bonds is 10. The summed E-state index contributed by atoms with van der Waals surface area (Å²) in [6.45, 7) is 3.09. The highest BCUT2D eigenvalue weighted by atomic mass is 35.5. The number of aromatic nitrogens is 2. The van der Waals surface area contributed by atoms with Crippen LogP contribution >= 0.6 is 11.6 Å². The fraction of sp³-hybridized carbons (Fsp3) is 0.450. The van der Waals surface area contributed by atoms with Crippen molar-refractivity contribution < 1.29 is 41.0 Å². The highest BCUT2D eigenvalue weighted by Crippen LogP contribution is 2.33. The Morgan fingerprint density at radius 2 is 2.09 bits per heavy atom. The van der Waals surface area contributed by atoms with Crippen molar-refractivity contribution in [3.8, 4) is 5.75 Å². The molecule has 180 valence electrons. The number of ether oxygens (including phenoxy) is 3. The lowest BCUT2D eigenvalue weighted by Crippen LogP contribution is -2.29. The van der Waals surface area contributed by atoms with Gasteiger partial charge in [0.05, 0.1) is 17.7 Å². The Morgan fingerprint density at radius 3 is 2.82 bits per heavy atom. The molecule has 2 atom stereocenters. The first-order valence-corrected chi connectivity index (χ1v) is 10.2. The van der Waals surface area contributed by atoms with E-state index in [-0.39, 0.29) is 42.1 Å². The molecule has 0 aliphatic carbocycles. The third-order valence-corrected chi connectivity index (χ3v) is 4.88. The molecule has 1 aliphatic heterocycles. The zero-order chi connectivity index (χ0) is 24.0. The summed E-state index contributed by atoms with van der Waals surface area (Å²) in [6, 6.07) is 3.83. The number of nitrogens with one attached hydrogen (secondary N) is 1. The Morgan fingerprint density at radius 1 is 1.30 bits per heavy atom. The van der Waals surface area contributed by atoms with E-state index in [0.717, 1.165) is 6.07 Å². The number of benzene rings is 1. The molecule has 8 nitrogen and oxygen atoms in total. The smallest absolute Gasteiger partial charge is 0.484 e. The molecular weight excluding hydrogens is 474 g/mol. The maximum absolute atomic E-state index is 13.4. The molecule has 0 spiro atoms. The third-order valence-electron chi connectivity index (χ3n) is 4.57. The maximum Gasteiger partial charge on any atom is 0.522 e. The summed E-state index contributed by atoms with van der Waals surface area (Å²) in [7, 11) is 0. The fourth-order valence-electron chi connectivity index (χ4n) is 2.93. The molecule has 1 fully saturated rings. The van der Waals surface area contributed by atoms with Crippen LogP contribution in [0.4, 0.5) is 17.6 Å². The first-order chi connectivity index (χ1) is 15.6. The second-order valence-electron chi connectivity index (χ2n) is 7.09. The highest BCUT2D eigenvalue weighted by molar-refractivity contribution is 6.30. The van der Waals surface area contributed by atoms with Crippen LogP contribution in [0.25, 0.3) is 5.57 Å². The van der Waals surface area contributed by atoms with Crippen LogP contribution in [0.1, 0.15) is 37.1 Å². The van der Waals surface area contributed by atoms with E-state index in [4.69, 9.17) is 25.5 Å². The lowest BCUT2D eigenvalue weighted by atomic mass is 10.2. The standard InChI is InChI=1S/C20H20ClF4N3O5/c1-11(6-7-26-17(29)10-30-12-2-4-14(21)15(22)8-12)18-27-28-19(33-18)16-5-3-13(32-16)9-31-20(23,24)25/h2,4,8,13,16H,1,3,5-7,9-10H2,(H,26,29)/t13-,16+/m1/s1. The van der Waals surface area contributed by atoms with Gasteiger partial charge in [0.2, 0.25) is 11.8 Å². The van der Waals surface area contributed by atoms with Crippen molar-refractivity contribution in [2.45, 2.75) is 37.8 Å². The maximum atomic E-state index is 13.4. The average molecular weight is 494 g/mol. The molecule has 1 saturated heterocycles. The molecule has 1 aliphatic rings. The number of amides is 1. The number of carbonyl (C=O) groups excluding carboxylic acids is 1. The first kappa shape index (κ1) is 24.9. The molecule has 0 radical (unpaired) electrons. The Kier molecular flexibility index (Phi) is 8.27. The summed E-state index contributed by atoms with van der Waals surface area (Å²) in [5, 5.41) is 10.3. The van der Waals surface area contributed by atoms with Crippen molar-refractivity contribution in [2.24, 2.45) is 0 Å². The van der Waals surface area contributed by atoms with Gasteiger partial charge in [-0.3, -0.25) is 9.53 Å². The number of alkyl halides is 3. The molecular formula is C20H20ClF4N3O5. The second-order valence-corrected chi connectivity index (χ2v) is 7.50. The minimum atomic E-state index is -4.72. The molecule has 0 saturated carbocycles. The molecule has 13 heteroatoms. The number of hydrogen-bond donors (Lipinski definition) is 1. The zero-order valence-corrected chi connectivity index (χ0v) is 17.9. The van der Waals surface area contributed by atoms with E-state index in [2.05, 4.69) is 26.8 Å². The third kappa shape index (κ3) is 7.69. The summed E-state index contributed by atoms with van der Waals surface area (Å²) in [5.74, 6) is -0.663. The van der Waals surface area contributed by atoms with Gasteiger partial charge in [0.1, 0.15) is 17.7 Å². The minimum Gasteiger partial charge on any atom is -0.484 e. The van der Waals surface area contributed by atoms with E-state index in [1.807, 2.05) is 0 Å². The van der Waals surface area contributed by atoms with Gasteiger partial charge in [-0.25, -0.2) is 4.39 Å². The van der Waals surface area contributed by atoms with Crippen molar-refractivity contribution in [3.05, 3.63) is 47.4 Å². The Hall–Kier alpha value is -2.70. The van der Waals surface area contributed by atoms with Gasteiger partial charge in [-0.15, -0.1) is 23.4 Å². The van der Waals surface area contributed by atoms with Crippen molar-refractivity contribution in [2.75, 3.05) is 19.8 Å². The number of carbonyl (C=O) groups is 1. The van der Waals surface area contributed by atoms with E-state index in [1.165, 1.54) is 12.1 Å². The van der Waals surface area contributed by atoms with E-state index < -0.39 is 36.9 Å². The summed E-state index contributed by atoms with van der Waals surface area (Å²) in [5.41, 5.74) is 0.449. The molecule has 1 aromatic carbocycles. The van der Waals surface area contributed by atoms with Crippen molar-refractivity contribution in [1.29, 1.82) is 0 Å². The van der Waals surface area contributed by atoms with Crippen molar-refractivity contribution >= 4 is 23.1 Å². The van der Waals surface area contributed by atoms with Crippen LogP contribution < -0.4 is 10.1 Å². The summed E-state index contributed by atoms with van der Waals surface area (Å²) >= 11 is 5.58. The van der Waals surface area contributed by atoms with Crippen LogP contribution in [0.5, 0.6) is 5.75 Å². The van der Waals surface area contributed by atoms with Crippen LogP contribution in [-0.2, 0) is 14.3 Å². The minimum absolute atomic E-state index is 0.0516. The molecule has 0 bridgehead atoms. The summed E-state index contributed by atoms with van der Waals surface area (Å²) in [4.78, 5) is 11.9. The predicted octanol–water partition coefficient (Wildman–Crippen LogP) is 4.22. The average Bonchev–Trinajstić information content (AvgIpc) is 3.42. The van der Waals surface area contributed by atoms with Crippen LogP contribution in [0.2, 0.25) is 5.02 Å². The quantitative estimate of drug-likeness (QED) is 0.495. The van der Waals surface area contributed by atoms with Crippen molar-refractivity contribution in [1.82, 2.24) is 15.5 Å². The summed E-state index contributed by atoms with van der Waals surface area (Å²) in [6.07, 6.45) is -5.01. The molecule has 0 unspecified atom stereocenters. The van der Waals surface area contributed by atoms with Gasteiger partial charge in [0.15, 0.2) is 6.61 Å².